The lowest BCUT2D eigenvalue weighted by Gasteiger charge is -2.56. The van der Waals surface area contributed by atoms with Crippen molar-refractivity contribution in [2.24, 2.45) is 17.8 Å². The van der Waals surface area contributed by atoms with Crippen LogP contribution in [0.4, 0.5) is 0 Å². The smallest absolute Gasteiger partial charge is 0.258 e. The van der Waals surface area contributed by atoms with Crippen molar-refractivity contribution in [3.63, 3.8) is 0 Å². The standard InChI is InChI=1S/C22H30ClNO2/c1-13(2)18-8-19(23)14(3)4-20(18)26-12-21(25)24-22-9-15-5-16(10-22)7-17(6-15)11-22/h4,8,13,15-17H,5-7,9-12H2,1-3H3,(H,24,25). The molecule has 4 bridgehead atoms. The van der Waals surface area contributed by atoms with E-state index in [9.17, 15) is 4.79 Å². The van der Waals surface area contributed by atoms with Gasteiger partial charge in [-0.3, -0.25) is 4.79 Å². The molecule has 0 atom stereocenters. The van der Waals surface area contributed by atoms with Crippen LogP contribution in [0.2, 0.25) is 5.02 Å². The fourth-order valence-electron chi connectivity index (χ4n) is 5.99. The molecule has 3 nitrogen and oxygen atoms in total. The van der Waals surface area contributed by atoms with E-state index in [4.69, 9.17) is 16.3 Å². The van der Waals surface area contributed by atoms with E-state index in [2.05, 4.69) is 19.2 Å². The van der Waals surface area contributed by atoms with Crippen molar-refractivity contribution in [2.75, 3.05) is 6.61 Å². The SMILES string of the molecule is Cc1cc(OCC(=O)NC23CC4CC(CC(C4)C2)C3)c(C(C)C)cc1Cl. The Bertz CT molecular complexity index is 677. The molecule has 4 fully saturated rings. The van der Waals surface area contributed by atoms with Crippen LogP contribution in [0.1, 0.15) is 69.4 Å². The van der Waals surface area contributed by atoms with E-state index in [-0.39, 0.29) is 18.1 Å². The van der Waals surface area contributed by atoms with Crippen LogP contribution in [-0.2, 0) is 4.79 Å². The highest BCUT2D eigenvalue weighted by atomic mass is 35.5. The van der Waals surface area contributed by atoms with E-state index in [0.29, 0.717) is 5.92 Å². The van der Waals surface area contributed by atoms with E-state index in [1.807, 2.05) is 19.1 Å². The number of ether oxygens (including phenoxy) is 1. The fourth-order valence-corrected chi connectivity index (χ4v) is 6.16. The maximum Gasteiger partial charge on any atom is 0.258 e. The molecule has 4 aliphatic rings. The minimum atomic E-state index is 0.0225. The summed E-state index contributed by atoms with van der Waals surface area (Å²) in [6.07, 6.45) is 7.65. The third-order valence-electron chi connectivity index (χ3n) is 6.71. The first kappa shape index (κ1) is 18.2. The number of carbonyl (C=O) groups excluding carboxylic acids is 1. The number of aryl methyl sites for hydroxylation is 1. The van der Waals surface area contributed by atoms with Crippen LogP contribution in [0.3, 0.4) is 0 Å². The summed E-state index contributed by atoms with van der Waals surface area (Å²) in [5, 5.41) is 4.13. The molecule has 0 unspecified atom stereocenters. The van der Waals surface area contributed by atoms with Gasteiger partial charge in [0.05, 0.1) is 0 Å². The Hall–Kier alpha value is -1.22. The molecule has 0 radical (unpaired) electrons. The van der Waals surface area contributed by atoms with Crippen molar-refractivity contribution in [2.45, 2.75) is 70.8 Å². The van der Waals surface area contributed by atoms with Crippen LogP contribution < -0.4 is 10.1 Å². The number of amides is 1. The number of hydrogen-bond acceptors (Lipinski definition) is 2. The zero-order chi connectivity index (χ0) is 18.5. The van der Waals surface area contributed by atoms with Gasteiger partial charge in [-0.2, -0.15) is 0 Å². The summed E-state index contributed by atoms with van der Waals surface area (Å²) >= 11 is 6.26. The molecule has 4 saturated carbocycles. The number of hydrogen-bond donors (Lipinski definition) is 1. The Morgan fingerprint density at radius 2 is 1.77 bits per heavy atom. The van der Waals surface area contributed by atoms with Crippen LogP contribution >= 0.6 is 11.6 Å². The molecule has 4 aliphatic carbocycles. The van der Waals surface area contributed by atoms with E-state index in [1.54, 1.807) is 0 Å². The third-order valence-corrected chi connectivity index (χ3v) is 7.12. The first-order valence-electron chi connectivity index (χ1n) is 10.1. The molecular weight excluding hydrogens is 346 g/mol. The average Bonchev–Trinajstić information content (AvgIpc) is 2.53. The summed E-state index contributed by atoms with van der Waals surface area (Å²) in [5.41, 5.74) is 2.09. The Morgan fingerprint density at radius 3 is 2.31 bits per heavy atom. The monoisotopic (exact) mass is 375 g/mol. The number of nitrogens with one attached hydrogen (secondary N) is 1. The van der Waals surface area contributed by atoms with E-state index in [0.717, 1.165) is 39.7 Å². The molecule has 0 heterocycles. The van der Waals surface area contributed by atoms with Gasteiger partial charge in [0.2, 0.25) is 0 Å². The predicted octanol–water partition coefficient (Wildman–Crippen LogP) is 5.24. The number of rotatable bonds is 5. The van der Waals surface area contributed by atoms with Crippen LogP contribution in [0, 0.1) is 24.7 Å². The fraction of sp³-hybridized carbons (Fsp3) is 0.682. The molecule has 1 amide bonds. The Kier molecular flexibility index (Phi) is 4.71. The minimum Gasteiger partial charge on any atom is -0.483 e. The van der Waals surface area contributed by atoms with E-state index < -0.39 is 0 Å². The quantitative estimate of drug-likeness (QED) is 0.764. The van der Waals surface area contributed by atoms with Crippen molar-refractivity contribution in [1.82, 2.24) is 5.32 Å². The largest absolute Gasteiger partial charge is 0.483 e. The van der Waals surface area contributed by atoms with Gasteiger partial charge in [-0.25, -0.2) is 0 Å². The van der Waals surface area contributed by atoms with Gasteiger partial charge in [0.15, 0.2) is 6.61 Å². The van der Waals surface area contributed by atoms with Gasteiger partial charge < -0.3 is 10.1 Å². The average molecular weight is 376 g/mol. The molecule has 142 valence electrons. The maximum absolute atomic E-state index is 12.7. The third kappa shape index (κ3) is 3.47. The highest BCUT2D eigenvalue weighted by Gasteiger charge is 2.51. The second-order valence-corrected chi connectivity index (χ2v) is 9.74. The Labute approximate surface area is 161 Å². The number of benzene rings is 1. The highest BCUT2D eigenvalue weighted by Crippen LogP contribution is 2.55. The molecule has 4 heteroatoms. The van der Waals surface area contributed by atoms with Gasteiger partial charge in [0.1, 0.15) is 5.75 Å². The Morgan fingerprint density at radius 1 is 1.19 bits per heavy atom. The van der Waals surface area contributed by atoms with Crippen LogP contribution in [0.25, 0.3) is 0 Å². The van der Waals surface area contributed by atoms with Gasteiger partial charge in [-0.1, -0.05) is 25.4 Å². The lowest BCUT2D eigenvalue weighted by Crippen LogP contribution is -2.60. The Balaban J connectivity index is 1.41. The normalized spacial score (nSPS) is 32.1. The molecule has 1 aromatic rings. The highest BCUT2D eigenvalue weighted by molar-refractivity contribution is 6.31. The zero-order valence-electron chi connectivity index (χ0n) is 16.1. The second-order valence-electron chi connectivity index (χ2n) is 9.33. The van der Waals surface area contributed by atoms with Crippen LogP contribution in [-0.4, -0.2) is 18.1 Å². The molecule has 0 saturated heterocycles. The van der Waals surface area contributed by atoms with E-state index >= 15 is 0 Å². The van der Waals surface area contributed by atoms with Crippen molar-refractivity contribution in [1.29, 1.82) is 0 Å². The predicted molar refractivity (Wildman–Crippen MR) is 105 cm³/mol. The van der Waals surface area contributed by atoms with Gasteiger partial charge >= 0.3 is 0 Å². The van der Waals surface area contributed by atoms with Crippen molar-refractivity contribution in [3.05, 3.63) is 28.3 Å². The lowest BCUT2D eigenvalue weighted by molar-refractivity contribution is -0.128. The van der Waals surface area contributed by atoms with Crippen LogP contribution in [0.15, 0.2) is 12.1 Å². The molecule has 1 N–H and O–H groups in total. The molecule has 0 aromatic heterocycles. The molecule has 5 rings (SSSR count). The van der Waals surface area contributed by atoms with Crippen LogP contribution in [0.5, 0.6) is 5.75 Å². The van der Waals surface area contributed by atoms with Crippen molar-refractivity contribution < 1.29 is 9.53 Å². The number of carbonyl (C=O) groups is 1. The van der Waals surface area contributed by atoms with Gasteiger partial charge in [0, 0.05) is 10.6 Å². The second kappa shape index (κ2) is 6.74. The molecule has 26 heavy (non-hydrogen) atoms. The summed E-state index contributed by atoms with van der Waals surface area (Å²) < 4.78 is 5.94. The summed E-state index contributed by atoms with van der Waals surface area (Å²) in [4.78, 5) is 12.7. The first-order valence-corrected chi connectivity index (χ1v) is 10.5. The molecule has 1 aromatic carbocycles. The number of halogens is 1. The molecular formula is C22H30ClNO2. The van der Waals surface area contributed by atoms with Crippen molar-refractivity contribution >= 4 is 17.5 Å². The summed E-state index contributed by atoms with van der Waals surface area (Å²) in [6, 6.07) is 3.92. The van der Waals surface area contributed by atoms with Gasteiger partial charge in [-0.15, -0.1) is 0 Å². The maximum atomic E-state index is 12.7. The lowest BCUT2D eigenvalue weighted by atomic mass is 9.53. The summed E-state index contributed by atoms with van der Waals surface area (Å²) in [5.74, 6) is 3.59. The van der Waals surface area contributed by atoms with E-state index in [1.165, 1.54) is 38.5 Å². The van der Waals surface area contributed by atoms with Gasteiger partial charge in [0.25, 0.3) is 5.91 Å². The van der Waals surface area contributed by atoms with Crippen molar-refractivity contribution in [3.8, 4) is 5.75 Å². The summed E-state index contributed by atoms with van der Waals surface area (Å²) in [6.45, 7) is 6.28. The topological polar surface area (TPSA) is 38.3 Å². The molecule has 0 aliphatic heterocycles. The first-order chi connectivity index (χ1) is 12.3. The summed E-state index contributed by atoms with van der Waals surface area (Å²) in [7, 11) is 0. The van der Waals surface area contributed by atoms with Gasteiger partial charge in [-0.05, 0) is 92.4 Å². The molecule has 0 spiro atoms. The minimum absolute atomic E-state index is 0.0225. The zero-order valence-corrected chi connectivity index (χ0v) is 16.9.